The van der Waals surface area contributed by atoms with Crippen LogP contribution in [0.5, 0.6) is 0 Å². The summed E-state index contributed by atoms with van der Waals surface area (Å²) < 4.78 is 26.6. The summed E-state index contributed by atoms with van der Waals surface area (Å²) in [5.41, 5.74) is 0. The van der Waals surface area contributed by atoms with Gasteiger partial charge in [0.15, 0.2) is 0 Å². The molecule has 1 heterocycles. The van der Waals surface area contributed by atoms with Gasteiger partial charge in [0.2, 0.25) is 5.92 Å². The molecule has 1 saturated heterocycles. The lowest BCUT2D eigenvalue weighted by molar-refractivity contribution is -0.0589. The smallest absolute Gasteiger partial charge is 0.248 e. The Bertz CT molecular complexity index is 239. The number of nitrogens with zero attached hydrogens (tertiary/aromatic N) is 1. The lowest BCUT2D eigenvalue weighted by Crippen LogP contribution is -2.51. The predicted molar refractivity (Wildman–Crippen MR) is 68.1 cm³/mol. The summed E-state index contributed by atoms with van der Waals surface area (Å²) in [6, 6.07) is 0.490. The highest BCUT2D eigenvalue weighted by molar-refractivity contribution is 5.85. The van der Waals surface area contributed by atoms with E-state index in [1.54, 1.807) is 0 Å². The lowest BCUT2D eigenvalue weighted by atomic mass is 9.86. The van der Waals surface area contributed by atoms with Crippen molar-refractivity contribution in [2.75, 3.05) is 26.2 Å². The monoisotopic (exact) mass is 268 g/mol. The molecular formula is C12H23ClF2N2. The number of halogens is 3. The van der Waals surface area contributed by atoms with Crippen LogP contribution in [0.15, 0.2) is 0 Å². The van der Waals surface area contributed by atoms with Crippen molar-refractivity contribution in [2.45, 2.75) is 44.6 Å². The normalized spacial score (nSPS) is 34.1. The summed E-state index contributed by atoms with van der Waals surface area (Å²) in [7, 11) is 0. The van der Waals surface area contributed by atoms with Crippen LogP contribution in [0.1, 0.15) is 32.6 Å². The Kier molecular flexibility index (Phi) is 5.61. The van der Waals surface area contributed by atoms with Crippen LogP contribution in [0.2, 0.25) is 0 Å². The third-order valence-electron chi connectivity index (χ3n) is 3.87. The van der Waals surface area contributed by atoms with Crippen LogP contribution in [0, 0.1) is 5.92 Å². The summed E-state index contributed by atoms with van der Waals surface area (Å²) in [5, 5.41) is 3.33. The van der Waals surface area contributed by atoms with E-state index in [2.05, 4.69) is 17.1 Å². The molecule has 1 aliphatic carbocycles. The lowest BCUT2D eigenvalue weighted by Gasteiger charge is -2.38. The predicted octanol–water partition coefficient (Wildman–Crippen LogP) is 2.53. The minimum absolute atomic E-state index is 0. The molecule has 0 amide bonds. The van der Waals surface area contributed by atoms with Gasteiger partial charge < -0.3 is 5.32 Å². The molecule has 0 bridgehead atoms. The highest BCUT2D eigenvalue weighted by Gasteiger charge is 2.37. The van der Waals surface area contributed by atoms with Gasteiger partial charge in [0, 0.05) is 45.1 Å². The van der Waals surface area contributed by atoms with Crippen LogP contribution in [0.25, 0.3) is 0 Å². The average molecular weight is 269 g/mol. The number of hydrogen-bond acceptors (Lipinski definition) is 2. The molecule has 1 saturated carbocycles. The zero-order chi connectivity index (χ0) is 11.6. The third-order valence-corrected chi connectivity index (χ3v) is 3.87. The molecule has 1 unspecified atom stereocenters. The average Bonchev–Trinajstić information content (AvgIpc) is 2.20. The molecule has 102 valence electrons. The molecule has 2 aliphatic rings. The zero-order valence-electron chi connectivity index (χ0n) is 10.4. The molecule has 17 heavy (non-hydrogen) atoms. The van der Waals surface area contributed by atoms with Crippen molar-refractivity contribution in [1.82, 2.24) is 10.2 Å². The van der Waals surface area contributed by atoms with Crippen molar-refractivity contribution in [3.05, 3.63) is 0 Å². The molecule has 0 radical (unpaired) electrons. The van der Waals surface area contributed by atoms with E-state index in [4.69, 9.17) is 0 Å². The van der Waals surface area contributed by atoms with Crippen LogP contribution in [0.3, 0.4) is 0 Å². The van der Waals surface area contributed by atoms with Gasteiger partial charge in [-0.05, 0) is 25.7 Å². The van der Waals surface area contributed by atoms with Gasteiger partial charge in [-0.25, -0.2) is 8.78 Å². The van der Waals surface area contributed by atoms with Crippen molar-refractivity contribution in [2.24, 2.45) is 5.92 Å². The van der Waals surface area contributed by atoms with Gasteiger partial charge >= 0.3 is 0 Å². The van der Waals surface area contributed by atoms with Crippen LogP contribution in [-0.4, -0.2) is 43.0 Å². The van der Waals surface area contributed by atoms with Crippen molar-refractivity contribution < 1.29 is 8.78 Å². The Morgan fingerprint density at radius 2 is 2.18 bits per heavy atom. The highest BCUT2D eigenvalue weighted by Crippen LogP contribution is 2.37. The van der Waals surface area contributed by atoms with E-state index in [1.807, 2.05) is 0 Å². The number of nitrogens with one attached hydrogen (secondary N) is 1. The van der Waals surface area contributed by atoms with Gasteiger partial charge in [-0.1, -0.05) is 0 Å². The van der Waals surface area contributed by atoms with E-state index < -0.39 is 5.92 Å². The largest absolute Gasteiger partial charge is 0.314 e. The molecule has 2 atom stereocenters. The Balaban J connectivity index is 0.00000144. The highest BCUT2D eigenvalue weighted by atomic mass is 35.5. The maximum absolute atomic E-state index is 13.3. The molecule has 1 aliphatic heterocycles. The third kappa shape index (κ3) is 4.34. The number of rotatable bonds is 2. The first-order valence-corrected chi connectivity index (χ1v) is 6.39. The van der Waals surface area contributed by atoms with Crippen LogP contribution in [-0.2, 0) is 0 Å². The fraction of sp³-hybridized carbons (Fsp3) is 1.00. The van der Waals surface area contributed by atoms with Gasteiger partial charge in [-0.2, -0.15) is 0 Å². The second kappa shape index (κ2) is 6.30. The van der Waals surface area contributed by atoms with Crippen LogP contribution >= 0.6 is 12.4 Å². The summed E-state index contributed by atoms with van der Waals surface area (Å²) in [6.07, 6.45) is 1.87. The van der Waals surface area contributed by atoms with Gasteiger partial charge in [-0.3, -0.25) is 4.90 Å². The molecule has 1 N–H and O–H groups in total. The maximum atomic E-state index is 13.3. The summed E-state index contributed by atoms with van der Waals surface area (Å²) in [4.78, 5) is 2.36. The molecule has 2 nitrogen and oxygen atoms in total. The Hall–Kier alpha value is 0.0700. The number of alkyl halides is 2. The molecule has 0 aromatic carbocycles. The maximum Gasteiger partial charge on any atom is 0.248 e. The van der Waals surface area contributed by atoms with Gasteiger partial charge in [0.05, 0.1) is 0 Å². The number of piperazine rings is 1. The van der Waals surface area contributed by atoms with E-state index >= 15 is 0 Å². The molecule has 0 spiro atoms. The molecular weight excluding hydrogens is 246 g/mol. The minimum Gasteiger partial charge on any atom is -0.314 e. The fourth-order valence-corrected chi connectivity index (χ4v) is 2.92. The summed E-state index contributed by atoms with van der Waals surface area (Å²) >= 11 is 0. The Morgan fingerprint density at radius 3 is 2.82 bits per heavy atom. The summed E-state index contributed by atoms with van der Waals surface area (Å²) in [5.74, 6) is -2.20. The summed E-state index contributed by atoms with van der Waals surface area (Å²) in [6.45, 7) is 6.02. The van der Waals surface area contributed by atoms with Crippen molar-refractivity contribution in [1.29, 1.82) is 0 Å². The van der Waals surface area contributed by atoms with Crippen molar-refractivity contribution >= 4 is 12.4 Å². The zero-order valence-corrected chi connectivity index (χ0v) is 11.2. The molecule has 0 aromatic rings. The molecule has 2 rings (SSSR count). The minimum atomic E-state index is -2.40. The first-order valence-electron chi connectivity index (χ1n) is 6.39. The van der Waals surface area contributed by atoms with E-state index in [9.17, 15) is 8.78 Å². The van der Waals surface area contributed by atoms with E-state index in [0.717, 1.165) is 32.6 Å². The van der Waals surface area contributed by atoms with Gasteiger partial charge in [-0.15, -0.1) is 12.4 Å². The Morgan fingerprint density at radius 1 is 1.41 bits per heavy atom. The van der Waals surface area contributed by atoms with Crippen molar-refractivity contribution in [3.8, 4) is 0 Å². The topological polar surface area (TPSA) is 15.3 Å². The quantitative estimate of drug-likeness (QED) is 0.828. The Labute approximate surface area is 109 Å². The van der Waals surface area contributed by atoms with Crippen molar-refractivity contribution in [3.63, 3.8) is 0 Å². The van der Waals surface area contributed by atoms with E-state index in [1.165, 1.54) is 0 Å². The second-order valence-electron chi connectivity index (χ2n) is 5.37. The van der Waals surface area contributed by atoms with Crippen LogP contribution < -0.4 is 5.32 Å². The molecule has 2 fully saturated rings. The molecule has 5 heteroatoms. The first-order chi connectivity index (χ1) is 7.57. The number of hydrogen-bond donors (Lipinski definition) is 1. The van der Waals surface area contributed by atoms with E-state index in [-0.39, 0.29) is 31.2 Å². The standard InChI is InChI=1S/C12H22F2N2.ClH/c1-10-8-15-5-6-16(10)9-11-3-2-4-12(13,14)7-11;/h10-11,15H,2-9H2,1H3;1H/t10-,11?;/m0./s1. The SMILES string of the molecule is C[C@H]1CNCCN1CC1CCCC(F)(F)C1.Cl. The first kappa shape index (κ1) is 15.1. The van der Waals surface area contributed by atoms with Gasteiger partial charge in [0.25, 0.3) is 0 Å². The molecule has 0 aromatic heterocycles. The van der Waals surface area contributed by atoms with Crippen LogP contribution in [0.4, 0.5) is 8.78 Å². The van der Waals surface area contributed by atoms with E-state index in [0.29, 0.717) is 12.5 Å². The second-order valence-corrected chi connectivity index (χ2v) is 5.37. The van der Waals surface area contributed by atoms with Gasteiger partial charge in [0.1, 0.15) is 0 Å². The fourth-order valence-electron chi connectivity index (χ4n) is 2.92.